The highest BCUT2D eigenvalue weighted by Gasteiger charge is 2.39. The lowest BCUT2D eigenvalue weighted by molar-refractivity contribution is -0.145. The fourth-order valence-corrected chi connectivity index (χ4v) is 4.30. The summed E-state index contributed by atoms with van der Waals surface area (Å²) in [5.74, 6) is 0.225. The molecule has 2 atom stereocenters. The second-order valence-electron chi connectivity index (χ2n) is 8.32. The van der Waals surface area contributed by atoms with E-state index in [1.807, 2.05) is 18.9 Å². The third-order valence-corrected chi connectivity index (χ3v) is 5.97. The smallest absolute Gasteiger partial charge is 0.321 e. The molecule has 1 saturated heterocycles. The van der Waals surface area contributed by atoms with Gasteiger partial charge in [0, 0.05) is 32.6 Å². The number of likely N-dealkylation sites (tertiary alicyclic amines) is 1. The van der Waals surface area contributed by atoms with Crippen LogP contribution in [0.4, 0.5) is 0 Å². The average Bonchev–Trinajstić information content (AvgIpc) is 3.32. The van der Waals surface area contributed by atoms with Crippen LogP contribution in [-0.2, 0) is 9.59 Å². The Morgan fingerprint density at radius 1 is 1.15 bits per heavy atom. The molecule has 2 N–H and O–H groups in total. The predicted octanol–water partition coefficient (Wildman–Crippen LogP) is 2.58. The van der Waals surface area contributed by atoms with Crippen molar-refractivity contribution in [3.8, 4) is 0 Å². The van der Waals surface area contributed by atoms with Crippen molar-refractivity contribution in [1.29, 1.82) is 0 Å². The maximum Gasteiger partial charge on any atom is 0.321 e. The molecule has 1 amide bonds. The fourth-order valence-electron chi connectivity index (χ4n) is 4.30. The summed E-state index contributed by atoms with van der Waals surface area (Å²) < 4.78 is 0. The monoisotopic (exact) mass is 381 g/mol. The summed E-state index contributed by atoms with van der Waals surface area (Å²) in [4.78, 5) is 28.1. The van der Waals surface area contributed by atoms with Crippen molar-refractivity contribution in [2.24, 2.45) is 11.8 Å². The summed E-state index contributed by atoms with van der Waals surface area (Å²) in [6, 6.07) is -0.326. The lowest BCUT2D eigenvalue weighted by Gasteiger charge is -2.30. The summed E-state index contributed by atoms with van der Waals surface area (Å²) in [5.41, 5.74) is 0. The Hall–Kier alpha value is -1.14. The first-order valence-corrected chi connectivity index (χ1v) is 11.0. The highest BCUT2D eigenvalue weighted by Crippen LogP contribution is 2.33. The molecule has 27 heavy (non-hydrogen) atoms. The zero-order valence-electron chi connectivity index (χ0n) is 17.3. The minimum atomic E-state index is -0.667. The minimum Gasteiger partial charge on any atom is -0.480 e. The summed E-state index contributed by atoms with van der Waals surface area (Å²) in [7, 11) is 1.85. The second kappa shape index (κ2) is 11.6. The molecule has 2 saturated carbocycles. The van der Waals surface area contributed by atoms with E-state index in [2.05, 4.69) is 10.2 Å². The van der Waals surface area contributed by atoms with Gasteiger partial charge in [0.1, 0.15) is 6.04 Å². The number of nitrogens with one attached hydrogen (secondary N) is 1. The van der Waals surface area contributed by atoms with Gasteiger partial charge in [-0.05, 0) is 51.6 Å². The van der Waals surface area contributed by atoms with Gasteiger partial charge in [0.25, 0.3) is 0 Å². The maximum absolute atomic E-state index is 12.2. The molecule has 6 nitrogen and oxygen atoms in total. The number of carbonyl (C=O) groups is 2. The third kappa shape index (κ3) is 7.41. The second-order valence-corrected chi connectivity index (χ2v) is 8.32. The van der Waals surface area contributed by atoms with Crippen LogP contribution in [0.2, 0.25) is 0 Å². The number of nitrogens with zero attached hydrogens (tertiary/aromatic N) is 2. The molecular formula is C21H39N3O3. The molecule has 3 rings (SSSR count). The number of aliphatic carboxylic acids is 1. The van der Waals surface area contributed by atoms with Crippen LogP contribution in [0.15, 0.2) is 0 Å². The minimum absolute atomic E-state index is 0.191. The summed E-state index contributed by atoms with van der Waals surface area (Å²) in [5, 5.41) is 12.7. The van der Waals surface area contributed by atoms with Crippen molar-refractivity contribution >= 4 is 11.9 Å². The molecule has 0 spiro atoms. The van der Waals surface area contributed by atoms with Gasteiger partial charge in [0.05, 0.1) is 0 Å². The molecule has 3 fully saturated rings. The lowest BCUT2D eigenvalue weighted by Crippen LogP contribution is -2.45. The third-order valence-electron chi connectivity index (χ3n) is 5.97. The quantitative estimate of drug-likeness (QED) is 0.642. The predicted molar refractivity (Wildman–Crippen MR) is 108 cm³/mol. The Balaban J connectivity index is 0.000000789. The van der Waals surface area contributed by atoms with Gasteiger partial charge in [0.2, 0.25) is 5.91 Å². The van der Waals surface area contributed by atoms with E-state index in [1.165, 1.54) is 19.3 Å². The first-order valence-electron chi connectivity index (χ1n) is 11.0. The van der Waals surface area contributed by atoms with Crippen LogP contribution in [0.1, 0.15) is 64.7 Å². The normalized spacial score (nSPS) is 23.6. The van der Waals surface area contributed by atoms with E-state index in [4.69, 9.17) is 0 Å². The molecule has 0 aromatic carbocycles. The average molecular weight is 382 g/mol. The molecule has 0 aromatic heterocycles. The molecule has 1 aliphatic heterocycles. The van der Waals surface area contributed by atoms with Crippen molar-refractivity contribution in [2.75, 3.05) is 39.8 Å². The highest BCUT2D eigenvalue weighted by atomic mass is 16.4. The van der Waals surface area contributed by atoms with Crippen LogP contribution in [0.25, 0.3) is 0 Å². The molecule has 6 heteroatoms. The largest absolute Gasteiger partial charge is 0.480 e. The van der Waals surface area contributed by atoms with Crippen molar-refractivity contribution in [3.05, 3.63) is 0 Å². The van der Waals surface area contributed by atoms with Gasteiger partial charge in [-0.25, -0.2) is 0 Å². The fraction of sp³-hybridized carbons (Fsp3) is 0.905. The summed E-state index contributed by atoms with van der Waals surface area (Å²) in [6.07, 6.45) is 10.4. The van der Waals surface area contributed by atoms with Gasteiger partial charge in [-0.3, -0.25) is 14.5 Å². The van der Waals surface area contributed by atoms with Gasteiger partial charge >= 0.3 is 5.97 Å². The number of carbonyl (C=O) groups excluding carboxylic acids is 1. The molecule has 0 radical (unpaired) electrons. The molecule has 2 aliphatic carbocycles. The van der Waals surface area contributed by atoms with E-state index < -0.39 is 5.97 Å². The molecular weight excluding hydrogens is 342 g/mol. The standard InChI is InChI=1S/C18H33N3O3.C3H6/c1-3-20(16(22)8-10-19-2)12-14-9-11-21(13-14)17(18(23)24)15-6-4-5-7-15;1-2-3-1/h14-15,17,19H,3-13H2,1-2H3,(H,23,24);1-3H2. The maximum atomic E-state index is 12.2. The zero-order chi connectivity index (χ0) is 19.6. The molecule has 0 bridgehead atoms. The highest BCUT2D eigenvalue weighted by molar-refractivity contribution is 5.76. The van der Waals surface area contributed by atoms with Crippen molar-refractivity contribution in [1.82, 2.24) is 15.1 Å². The number of carboxylic acids is 1. The van der Waals surface area contributed by atoms with Crippen LogP contribution >= 0.6 is 0 Å². The summed E-state index contributed by atoms with van der Waals surface area (Å²) in [6.45, 7) is 5.86. The molecule has 156 valence electrons. The van der Waals surface area contributed by atoms with Crippen molar-refractivity contribution in [3.63, 3.8) is 0 Å². The van der Waals surface area contributed by atoms with Gasteiger partial charge in [0.15, 0.2) is 0 Å². The van der Waals surface area contributed by atoms with E-state index in [-0.39, 0.29) is 11.9 Å². The van der Waals surface area contributed by atoms with Crippen LogP contribution < -0.4 is 5.32 Å². The number of hydrogen-bond acceptors (Lipinski definition) is 4. The Morgan fingerprint density at radius 2 is 1.81 bits per heavy atom. The molecule has 1 heterocycles. The van der Waals surface area contributed by atoms with Crippen LogP contribution in [0.3, 0.4) is 0 Å². The van der Waals surface area contributed by atoms with Crippen LogP contribution in [0, 0.1) is 11.8 Å². The van der Waals surface area contributed by atoms with E-state index in [1.54, 1.807) is 0 Å². The summed E-state index contributed by atoms with van der Waals surface area (Å²) >= 11 is 0. The van der Waals surface area contributed by atoms with E-state index in [9.17, 15) is 14.7 Å². The van der Waals surface area contributed by atoms with Crippen LogP contribution in [-0.4, -0.2) is 72.6 Å². The Kier molecular flexibility index (Phi) is 9.56. The topological polar surface area (TPSA) is 72.9 Å². The van der Waals surface area contributed by atoms with Gasteiger partial charge in [-0.2, -0.15) is 0 Å². The van der Waals surface area contributed by atoms with Gasteiger partial charge in [-0.15, -0.1) is 0 Å². The van der Waals surface area contributed by atoms with E-state index in [0.29, 0.717) is 24.8 Å². The van der Waals surface area contributed by atoms with Crippen molar-refractivity contribution < 1.29 is 14.7 Å². The molecule has 3 aliphatic rings. The molecule has 0 aromatic rings. The van der Waals surface area contributed by atoms with Crippen molar-refractivity contribution in [2.45, 2.75) is 70.8 Å². The zero-order valence-corrected chi connectivity index (χ0v) is 17.3. The Morgan fingerprint density at radius 3 is 2.33 bits per heavy atom. The number of carboxylic acid groups (broad SMARTS) is 1. The molecule has 2 unspecified atom stereocenters. The SMILES string of the molecule is C1CC1.CCN(CC1CCN(C(C(=O)O)C2CCCC2)C1)C(=O)CCNC. The Labute approximate surface area is 164 Å². The van der Waals surface area contributed by atoms with Crippen LogP contribution in [0.5, 0.6) is 0 Å². The van der Waals surface area contributed by atoms with Gasteiger partial charge in [-0.1, -0.05) is 32.1 Å². The first-order chi connectivity index (χ1) is 13.1. The number of amides is 1. The lowest BCUT2D eigenvalue weighted by atomic mass is 9.97. The Bertz CT molecular complexity index is 461. The number of hydrogen-bond donors (Lipinski definition) is 2. The number of rotatable bonds is 9. The van der Waals surface area contributed by atoms with E-state index >= 15 is 0 Å². The first kappa shape index (κ1) is 22.2. The van der Waals surface area contributed by atoms with E-state index in [0.717, 1.165) is 58.3 Å². The van der Waals surface area contributed by atoms with Gasteiger partial charge < -0.3 is 15.3 Å².